The fourth-order valence-corrected chi connectivity index (χ4v) is 2.77. The summed E-state index contributed by atoms with van der Waals surface area (Å²) in [6, 6.07) is 4.58. The first kappa shape index (κ1) is 15.0. The summed E-state index contributed by atoms with van der Waals surface area (Å²) in [4.78, 5) is 35.9. The Labute approximate surface area is 130 Å². The highest BCUT2D eigenvalue weighted by Crippen LogP contribution is 2.32. The molecule has 0 unspecified atom stereocenters. The number of nitrogens with one attached hydrogen (secondary N) is 2. The predicted molar refractivity (Wildman–Crippen MR) is 78.2 cm³/mol. The van der Waals surface area contributed by atoms with Crippen LogP contribution < -0.4 is 10.6 Å². The fraction of sp³-hybridized carbons (Fsp3) is 0.286. The lowest BCUT2D eigenvalue weighted by molar-refractivity contribution is -0.384. The summed E-state index contributed by atoms with van der Waals surface area (Å²) in [5.74, 6) is -0.273. The summed E-state index contributed by atoms with van der Waals surface area (Å²) in [6.45, 7) is 0.232. The quantitative estimate of drug-likeness (QED) is 0.534. The molecule has 120 valence electrons. The van der Waals surface area contributed by atoms with Crippen molar-refractivity contribution in [3.63, 3.8) is 0 Å². The van der Waals surface area contributed by atoms with Crippen LogP contribution in [0.2, 0.25) is 0 Å². The Hall–Kier alpha value is -2.94. The van der Waals surface area contributed by atoms with Crippen LogP contribution in [0.1, 0.15) is 11.6 Å². The number of β-amino-alcohol motifs (C(OH)–C–C–N with tert-alkyl or cyclic N) is 1. The number of hydrogen-bond acceptors (Lipinski definition) is 5. The molecule has 0 aliphatic carbocycles. The highest BCUT2D eigenvalue weighted by Gasteiger charge is 2.40. The number of rotatable bonds is 4. The van der Waals surface area contributed by atoms with Gasteiger partial charge in [0.25, 0.3) is 11.6 Å². The van der Waals surface area contributed by atoms with Crippen molar-refractivity contribution in [3.8, 4) is 0 Å². The number of nitrogens with zero attached hydrogens (tertiary/aromatic N) is 2. The molecule has 1 aromatic carbocycles. The van der Waals surface area contributed by atoms with Crippen molar-refractivity contribution in [3.05, 3.63) is 51.2 Å². The van der Waals surface area contributed by atoms with Gasteiger partial charge in [0.1, 0.15) is 0 Å². The van der Waals surface area contributed by atoms with E-state index < -0.39 is 17.0 Å². The molecule has 23 heavy (non-hydrogen) atoms. The molecule has 0 aromatic heterocycles. The average molecular weight is 318 g/mol. The maximum atomic E-state index is 12.5. The van der Waals surface area contributed by atoms with E-state index in [4.69, 9.17) is 5.11 Å². The Kier molecular flexibility index (Phi) is 3.70. The molecule has 3 amide bonds. The molecule has 1 aromatic rings. The van der Waals surface area contributed by atoms with Gasteiger partial charge in [-0.15, -0.1) is 0 Å². The van der Waals surface area contributed by atoms with E-state index in [1.807, 2.05) is 0 Å². The minimum Gasteiger partial charge on any atom is -0.395 e. The SMILES string of the molecule is O=C1NC2=C(C(=O)N(CCO)C2)[C@@H](c2ccc([N+](=O)[O-])cc2)N1. The van der Waals surface area contributed by atoms with Crippen LogP contribution in [0.3, 0.4) is 0 Å². The number of aliphatic hydroxyl groups is 1. The van der Waals surface area contributed by atoms with E-state index in [0.717, 1.165) is 0 Å². The number of urea groups is 1. The molecule has 2 aliphatic rings. The van der Waals surface area contributed by atoms with Gasteiger partial charge in [0, 0.05) is 18.7 Å². The van der Waals surface area contributed by atoms with Gasteiger partial charge < -0.3 is 20.6 Å². The van der Waals surface area contributed by atoms with E-state index in [2.05, 4.69) is 10.6 Å². The van der Waals surface area contributed by atoms with Gasteiger partial charge in [0.15, 0.2) is 0 Å². The molecule has 0 fully saturated rings. The van der Waals surface area contributed by atoms with Crippen molar-refractivity contribution in [1.29, 1.82) is 0 Å². The molecule has 0 saturated carbocycles. The lowest BCUT2D eigenvalue weighted by Gasteiger charge is -2.25. The molecule has 3 rings (SSSR count). The molecular weight excluding hydrogens is 304 g/mol. The number of non-ortho nitro benzene ring substituents is 1. The molecule has 0 radical (unpaired) electrons. The van der Waals surface area contributed by atoms with Crippen LogP contribution in [-0.2, 0) is 4.79 Å². The molecule has 2 aliphatic heterocycles. The fourth-order valence-electron chi connectivity index (χ4n) is 2.77. The highest BCUT2D eigenvalue weighted by atomic mass is 16.6. The minimum atomic E-state index is -0.671. The summed E-state index contributed by atoms with van der Waals surface area (Å²) < 4.78 is 0. The zero-order chi connectivity index (χ0) is 16.6. The third-order valence-corrected chi connectivity index (χ3v) is 3.83. The van der Waals surface area contributed by atoms with Crippen LogP contribution in [0.15, 0.2) is 35.5 Å². The van der Waals surface area contributed by atoms with Gasteiger partial charge in [0.05, 0.1) is 35.4 Å². The number of amides is 3. The summed E-state index contributed by atoms with van der Waals surface area (Å²) in [6.07, 6.45) is 0. The summed E-state index contributed by atoms with van der Waals surface area (Å²) in [7, 11) is 0. The van der Waals surface area contributed by atoms with Crippen molar-refractivity contribution in [2.45, 2.75) is 6.04 Å². The zero-order valence-electron chi connectivity index (χ0n) is 12.0. The van der Waals surface area contributed by atoms with Crippen molar-refractivity contribution in [1.82, 2.24) is 15.5 Å². The molecule has 9 heteroatoms. The summed E-state index contributed by atoms with van der Waals surface area (Å²) >= 11 is 0. The second-order valence-corrected chi connectivity index (χ2v) is 5.22. The summed E-state index contributed by atoms with van der Waals surface area (Å²) in [5, 5.41) is 25.0. The van der Waals surface area contributed by atoms with Crippen LogP contribution in [0, 0.1) is 10.1 Å². The number of nitro benzene ring substituents is 1. The van der Waals surface area contributed by atoms with Crippen molar-refractivity contribution >= 4 is 17.6 Å². The number of carbonyl (C=O) groups excluding carboxylic acids is 2. The maximum Gasteiger partial charge on any atom is 0.319 e. The van der Waals surface area contributed by atoms with Crippen LogP contribution in [-0.4, -0.2) is 46.6 Å². The Balaban J connectivity index is 1.94. The minimum absolute atomic E-state index is 0.0668. The van der Waals surface area contributed by atoms with E-state index in [9.17, 15) is 19.7 Å². The van der Waals surface area contributed by atoms with Crippen molar-refractivity contribution in [2.24, 2.45) is 0 Å². The van der Waals surface area contributed by atoms with Gasteiger partial charge in [0.2, 0.25) is 0 Å². The monoisotopic (exact) mass is 318 g/mol. The van der Waals surface area contributed by atoms with E-state index in [0.29, 0.717) is 16.8 Å². The van der Waals surface area contributed by atoms with Crippen LogP contribution in [0.5, 0.6) is 0 Å². The lowest BCUT2D eigenvalue weighted by atomic mass is 9.96. The molecule has 3 N–H and O–H groups in total. The normalized spacial score (nSPS) is 20.2. The molecule has 2 heterocycles. The van der Waals surface area contributed by atoms with Gasteiger partial charge in [-0.1, -0.05) is 0 Å². The average Bonchev–Trinajstić information content (AvgIpc) is 2.83. The second kappa shape index (κ2) is 5.69. The second-order valence-electron chi connectivity index (χ2n) is 5.22. The molecule has 0 bridgehead atoms. The topological polar surface area (TPSA) is 125 Å². The van der Waals surface area contributed by atoms with Crippen LogP contribution >= 0.6 is 0 Å². The highest BCUT2D eigenvalue weighted by molar-refractivity contribution is 6.01. The van der Waals surface area contributed by atoms with Gasteiger partial charge in [-0.25, -0.2) is 4.79 Å². The number of aliphatic hydroxyl groups excluding tert-OH is 1. The van der Waals surface area contributed by atoms with Crippen LogP contribution in [0.25, 0.3) is 0 Å². The van der Waals surface area contributed by atoms with Crippen molar-refractivity contribution < 1.29 is 19.6 Å². The Morgan fingerprint density at radius 3 is 2.61 bits per heavy atom. The number of benzene rings is 1. The van der Waals surface area contributed by atoms with E-state index in [-0.39, 0.29) is 31.3 Å². The Morgan fingerprint density at radius 1 is 1.30 bits per heavy atom. The number of nitro groups is 1. The molecular formula is C14H14N4O5. The smallest absolute Gasteiger partial charge is 0.319 e. The summed E-state index contributed by atoms with van der Waals surface area (Å²) in [5.41, 5.74) is 1.41. The molecule has 1 atom stereocenters. The van der Waals surface area contributed by atoms with Gasteiger partial charge in [-0.3, -0.25) is 14.9 Å². The lowest BCUT2D eigenvalue weighted by Crippen LogP contribution is -2.44. The molecule has 0 spiro atoms. The number of hydrogen-bond donors (Lipinski definition) is 3. The van der Waals surface area contributed by atoms with Gasteiger partial charge in [-0.05, 0) is 17.7 Å². The first-order valence-electron chi connectivity index (χ1n) is 6.96. The predicted octanol–water partition coefficient (Wildman–Crippen LogP) is 0.0373. The Bertz CT molecular complexity index is 712. The van der Waals surface area contributed by atoms with E-state index in [1.54, 1.807) is 0 Å². The molecule has 0 saturated heterocycles. The standard InChI is InChI=1S/C14H14N4O5/c19-6-5-17-7-10-11(13(17)20)12(16-14(21)15-10)8-1-3-9(4-2-8)18(22)23/h1-4,12,19H,5-7H2,(H2,15,16,21)/t12-/m1/s1. The first-order chi connectivity index (χ1) is 11.0. The van der Waals surface area contributed by atoms with Gasteiger partial charge >= 0.3 is 6.03 Å². The number of carbonyl (C=O) groups is 2. The van der Waals surface area contributed by atoms with Gasteiger partial charge in [-0.2, -0.15) is 0 Å². The van der Waals surface area contributed by atoms with E-state index in [1.165, 1.54) is 29.2 Å². The van der Waals surface area contributed by atoms with Crippen LogP contribution in [0.4, 0.5) is 10.5 Å². The third kappa shape index (κ3) is 2.61. The Morgan fingerprint density at radius 2 is 2.00 bits per heavy atom. The third-order valence-electron chi connectivity index (χ3n) is 3.83. The van der Waals surface area contributed by atoms with Crippen molar-refractivity contribution in [2.75, 3.05) is 19.7 Å². The zero-order valence-corrected chi connectivity index (χ0v) is 12.0. The van der Waals surface area contributed by atoms with E-state index >= 15 is 0 Å². The largest absolute Gasteiger partial charge is 0.395 e. The first-order valence-corrected chi connectivity index (χ1v) is 6.96. The molecule has 9 nitrogen and oxygen atoms in total. The maximum absolute atomic E-state index is 12.5.